The van der Waals surface area contributed by atoms with Crippen molar-refractivity contribution in [1.29, 1.82) is 0 Å². The number of ether oxygens (including phenoxy) is 2. The summed E-state index contributed by atoms with van der Waals surface area (Å²) in [6.45, 7) is 1.46. The van der Waals surface area contributed by atoms with Crippen molar-refractivity contribution >= 4 is 14.5 Å². The van der Waals surface area contributed by atoms with E-state index in [9.17, 15) is 0 Å². The van der Waals surface area contributed by atoms with E-state index < -0.39 is 0 Å². The summed E-state index contributed by atoms with van der Waals surface area (Å²) in [6.07, 6.45) is 0.820. The SMILES string of the molecule is Pc1ccc(CC2OCCO2)cc1. The lowest BCUT2D eigenvalue weighted by Gasteiger charge is -2.08. The highest BCUT2D eigenvalue weighted by Crippen LogP contribution is 2.11. The molecule has 1 saturated heterocycles. The fraction of sp³-hybridized carbons (Fsp3) is 0.400. The van der Waals surface area contributed by atoms with Crippen molar-refractivity contribution in [2.45, 2.75) is 12.7 Å². The Morgan fingerprint density at radius 3 is 2.38 bits per heavy atom. The molecule has 1 aliphatic heterocycles. The molecule has 1 aromatic rings. The molecule has 0 amide bonds. The molecule has 13 heavy (non-hydrogen) atoms. The summed E-state index contributed by atoms with van der Waals surface area (Å²) in [5.74, 6) is 0. The Balaban J connectivity index is 1.97. The van der Waals surface area contributed by atoms with Crippen molar-refractivity contribution in [2.24, 2.45) is 0 Å². The third kappa shape index (κ3) is 2.50. The molecule has 70 valence electrons. The quantitative estimate of drug-likeness (QED) is 0.659. The first-order valence-electron chi connectivity index (χ1n) is 4.42. The Labute approximate surface area is 80.4 Å². The van der Waals surface area contributed by atoms with Crippen LogP contribution < -0.4 is 5.30 Å². The van der Waals surface area contributed by atoms with Gasteiger partial charge in [0.15, 0.2) is 6.29 Å². The second kappa shape index (κ2) is 4.19. The van der Waals surface area contributed by atoms with Crippen LogP contribution in [0.4, 0.5) is 0 Å². The van der Waals surface area contributed by atoms with Gasteiger partial charge in [-0.15, -0.1) is 9.24 Å². The van der Waals surface area contributed by atoms with Crippen LogP contribution in [-0.4, -0.2) is 19.5 Å². The van der Waals surface area contributed by atoms with Crippen LogP contribution >= 0.6 is 9.24 Å². The van der Waals surface area contributed by atoms with Gasteiger partial charge in [-0.25, -0.2) is 0 Å². The van der Waals surface area contributed by atoms with Gasteiger partial charge in [0.2, 0.25) is 0 Å². The molecule has 1 aliphatic rings. The molecule has 0 aliphatic carbocycles. The van der Waals surface area contributed by atoms with Crippen LogP contribution in [0, 0.1) is 0 Å². The molecule has 0 N–H and O–H groups in total. The summed E-state index contributed by atoms with van der Waals surface area (Å²) in [6, 6.07) is 8.37. The number of hydrogen-bond acceptors (Lipinski definition) is 2. The van der Waals surface area contributed by atoms with Gasteiger partial charge >= 0.3 is 0 Å². The zero-order valence-corrected chi connectivity index (χ0v) is 8.56. The zero-order valence-electron chi connectivity index (χ0n) is 7.40. The van der Waals surface area contributed by atoms with Gasteiger partial charge in [-0.1, -0.05) is 24.3 Å². The molecule has 1 fully saturated rings. The monoisotopic (exact) mass is 196 g/mol. The summed E-state index contributed by atoms with van der Waals surface area (Å²) in [5, 5.41) is 1.21. The van der Waals surface area contributed by atoms with Gasteiger partial charge in [0.05, 0.1) is 13.2 Å². The highest BCUT2D eigenvalue weighted by atomic mass is 31.0. The van der Waals surface area contributed by atoms with Crippen LogP contribution in [0.2, 0.25) is 0 Å². The van der Waals surface area contributed by atoms with Crippen LogP contribution in [0.3, 0.4) is 0 Å². The second-order valence-electron chi connectivity index (χ2n) is 3.12. The molecule has 1 unspecified atom stereocenters. The van der Waals surface area contributed by atoms with Crippen molar-refractivity contribution in [1.82, 2.24) is 0 Å². The predicted molar refractivity (Wildman–Crippen MR) is 55.2 cm³/mol. The van der Waals surface area contributed by atoms with Gasteiger partial charge in [0.25, 0.3) is 0 Å². The molecule has 0 saturated carbocycles. The summed E-state index contributed by atoms with van der Waals surface area (Å²) < 4.78 is 10.7. The van der Waals surface area contributed by atoms with E-state index in [0.29, 0.717) is 0 Å². The Bertz CT molecular complexity index is 265. The normalized spacial score (nSPS) is 17.9. The largest absolute Gasteiger partial charge is 0.350 e. The molecule has 0 spiro atoms. The highest BCUT2D eigenvalue weighted by Gasteiger charge is 2.15. The van der Waals surface area contributed by atoms with Crippen LogP contribution in [-0.2, 0) is 15.9 Å². The Hall–Kier alpha value is -0.430. The average molecular weight is 196 g/mol. The Kier molecular flexibility index (Phi) is 2.94. The number of rotatable bonds is 2. The van der Waals surface area contributed by atoms with Crippen molar-refractivity contribution in [3.63, 3.8) is 0 Å². The standard InChI is InChI=1S/C10H13O2P/c13-9-3-1-8(2-4-9)7-10-11-5-6-12-10/h1-4,10H,5-7,13H2. The lowest BCUT2D eigenvalue weighted by atomic mass is 10.1. The molecule has 3 heteroatoms. The average Bonchev–Trinajstić information content (AvgIpc) is 2.62. The fourth-order valence-corrected chi connectivity index (χ4v) is 1.56. The molecule has 0 aromatic heterocycles. The van der Waals surface area contributed by atoms with Crippen LogP contribution in [0.1, 0.15) is 5.56 Å². The fourth-order valence-electron chi connectivity index (χ4n) is 1.37. The van der Waals surface area contributed by atoms with Gasteiger partial charge in [0, 0.05) is 6.42 Å². The van der Waals surface area contributed by atoms with Crippen LogP contribution in [0.25, 0.3) is 0 Å². The molecule has 1 heterocycles. The van der Waals surface area contributed by atoms with E-state index in [1.807, 2.05) is 0 Å². The second-order valence-corrected chi connectivity index (χ2v) is 3.78. The summed E-state index contributed by atoms with van der Waals surface area (Å²) in [4.78, 5) is 0. The van der Waals surface area contributed by atoms with E-state index in [-0.39, 0.29) is 6.29 Å². The van der Waals surface area contributed by atoms with E-state index in [0.717, 1.165) is 19.6 Å². The van der Waals surface area contributed by atoms with Crippen LogP contribution in [0.5, 0.6) is 0 Å². The third-order valence-corrected chi connectivity index (χ3v) is 2.46. The minimum atomic E-state index is -0.0321. The Morgan fingerprint density at radius 2 is 1.77 bits per heavy atom. The molecule has 0 bridgehead atoms. The number of benzene rings is 1. The van der Waals surface area contributed by atoms with Gasteiger partial charge < -0.3 is 9.47 Å². The summed E-state index contributed by atoms with van der Waals surface area (Å²) >= 11 is 0. The van der Waals surface area contributed by atoms with Gasteiger partial charge in [-0.3, -0.25) is 0 Å². The van der Waals surface area contributed by atoms with Gasteiger partial charge in [0.1, 0.15) is 0 Å². The molecule has 2 nitrogen and oxygen atoms in total. The topological polar surface area (TPSA) is 18.5 Å². The van der Waals surface area contributed by atoms with Crippen molar-refractivity contribution in [3.05, 3.63) is 29.8 Å². The predicted octanol–water partition coefficient (Wildman–Crippen LogP) is 1.10. The lowest BCUT2D eigenvalue weighted by Crippen LogP contribution is -2.11. The smallest absolute Gasteiger partial charge is 0.161 e. The zero-order chi connectivity index (χ0) is 9.10. The minimum Gasteiger partial charge on any atom is -0.350 e. The summed E-state index contributed by atoms with van der Waals surface area (Å²) in [5.41, 5.74) is 1.26. The molecule has 0 radical (unpaired) electrons. The Morgan fingerprint density at radius 1 is 1.15 bits per heavy atom. The first-order valence-corrected chi connectivity index (χ1v) is 5.00. The van der Waals surface area contributed by atoms with E-state index >= 15 is 0 Å². The first-order chi connectivity index (χ1) is 6.34. The maximum absolute atomic E-state index is 5.36. The van der Waals surface area contributed by atoms with E-state index in [1.54, 1.807) is 0 Å². The van der Waals surface area contributed by atoms with Gasteiger partial charge in [-0.2, -0.15) is 0 Å². The lowest BCUT2D eigenvalue weighted by molar-refractivity contribution is -0.0399. The van der Waals surface area contributed by atoms with Gasteiger partial charge in [-0.05, 0) is 10.9 Å². The third-order valence-electron chi connectivity index (χ3n) is 2.07. The molecule has 1 atom stereocenters. The van der Waals surface area contributed by atoms with E-state index in [1.165, 1.54) is 10.9 Å². The van der Waals surface area contributed by atoms with Crippen molar-refractivity contribution in [3.8, 4) is 0 Å². The molecule has 2 rings (SSSR count). The maximum atomic E-state index is 5.36. The minimum absolute atomic E-state index is 0.0321. The highest BCUT2D eigenvalue weighted by molar-refractivity contribution is 7.27. The maximum Gasteiger partial charge on any atom is 0.161 e. The molecule has 1 aromatic carbocycles. The molecular weight excluding hydrogens is 183 g/mol. The summed E-state index contributed by atoms with van der Waals surface area (Å²) in [7, 11) is 2.67. The number of hydrogen-bond donors (Lipinski definition) is 0. The van der Waals surface area contributed by atoms with Crippen molar-refractivity contribution in [2.75, 3.05) is 13.2 Å². The van der Waals surface area contributed by atoms with E-state index in [4.69, 9.17) is 9.47 Å². The van der Waals surface area contributed by atoms with Crippen LogP contribution in [0.15, 0.2) is 24.3 Å². The van der Waals surface area contributed by atoms with E-state index in [2.05, 4.69) is 33.5 Å². The first kappa shape index (κ1) is 9.14. The molecular formula is C10H13O2P. The van der Waals surface area contributed by atoms with Crippen molar-refractivity contribution < 1.29 is 9.47 Å².